The van der Waals surface area contributed by atoms with Gasteiger partial charge in [0.1, 0.15) is 17.6 Å². The van der Waals surface area contributed by atoms with Crippen molar-refractivity contribution in [3.63, 3.8) is 0 Å². The number of hydrogen-bond acceptors (Lipinski definition) is 2. The lowest BCUT2D eigenvalue weighted by Gasteiger charge is -2.13. The number of benzene rings is 2. The van der Waals surface area contributed by atoms with E-state index in [4.69, 9.17) is 5.26 Å². The van der Waals surface area contributed by atoms with Crippen LogP contribution in [0.3, 0.4) is 0 Å². The molecular formula is C15H7F6NO. The molecule has 2 nitrogen and oxygen atoms in total. The predicted molar refractivity (Wildman–Crippen MR) is 68.2 cm³/mol. The Kier molecular flexibility index (Phi) is 4.50. The molecule has 2 rings (SSSR count). The van der Waals surface area contributed by atoms with Gasteiger partial charge >= 0.3 is 12.8 Å². The Morgan fingerprint density at radius 3 is 2.35 bits per heavy atom. The summed E-state index contributed by atoms with van der Waals surface area (Å²) in [6, 6.07) is 7.33. The molecule has 0 aliphatic heterocycles. The second kappa shape index (κ2) is 6.20. The zero-order valence-electron chi connectivity index (χ0n) is 11.2. The first-order valence-corrected chi connectivity index (χ1v) is 6.09. The summed E-state index contributed by atoms with van der Waals surface area (Å²) in [5.74, 6) is -2.08. The van der Waals surface area contributed by atoms with Gasteiger partial charge in [0.25, 0.3) is 0 Å². The van der Waals surface area contributed by atoms with Gasteiger partial charge in [0.15, 0.2) is 0 Å². The van der Waals surface area contributed by atoms with Crippen molar-refractivity contribution in [2.45, 2.75) is 12.8 Å². The molecule has 2 aromatic rings. The maximum Gasteiger partial charge on any atom is 0.419 e. The molecule has 0 heterocycles. The molecule has 0 aliphatic rings. The Morgan fingerprint density at radius 2 is 1.78 bits per heavy atom. The van der Waals surface area contributed by atoms with Crippen LogP contribution in [-0.4, -0.2) is 6.61 Å². The lowest BCUT2D eigenvalue weighted by Crippen LogP contribution is -2.09. The standard InChI is InChI=1S/C15H7F6NO/c16-13-10(2-1-3-11(13)15(19,20)21)8-4-5-9(7-22)12(6-8)23-14(17)18/h1-6,14H. The lowest BCUT2D eigenvalue weighted by atomic mass is 10.00. The van der Waals surface area contributed by atoms with E-state index in [1.807, 2.05) is 0 Å². The van der Waals surface area contributed by atoms with Crippen molar-refractivity contribution in [2.24, 2.45) is 0 Å². The first-order chi connectivity index (χ1) is 10.7. The number of rotatable bonds is 3. The van der Waals surface area contributed by atoms with Gasteiger partial charge in [-0.05, 0) is 23.8 Å². The fourth-order valence-corrected chi connectivity index (χ4v) is 1.95. The molecule has 23 heavy (non-hydrogen) atoms. The quantitative estimate of drug-likeness (QED) is 0.743. The normalized spacial score (nSPS) is 11.4. The van der Waals surface area contributed by atoms with Crippen LogP contribution in [0.4, 0.5) is 26.3 Å². The van der Waals surface area contributed by atoms with E-state index in [-0.39, 0.29) is 11.1 Å². The van der Waals surface area contributed by atoms with Gasteiger partial charge in [-0.25, -0.2) is 4.39 Å². The largest absolute Gasteiger partial charge is 0.433 e. The summed E-state index contributed by atoms with van der Waals surface area (Å²) >= 11 is 0. The SMILES string of the molecule is N#Cc1ccc(-c2cccc(C(F)(F)F)c2F)cc1OC(F)F. The Labute approximate surface area is 126 Å². The molecule has 0 atom stereocenters. The maximum absolute atomic E-state index is 14.1. The fraction of sp³-hybridized carbons (Fsp3) is 0.133. The molecule has 0 saturated carbocycles. The number of alkyl halides is 5. The van der Waals surface area contributed by atoms with E-state index in [0.29, 0.717) is 6.07 Å². The molecule has 120 valence electrons. The topological polar surface area (TPSA) is 33.0 Å². The third-order valence-corrected chi connectivity index (χ3v) is 2.93. The lowest BCUT2D eigenvalue weighted by molar-refractivity contribution is -0.139. The molecule has 0 N–H and O–H groups in total. The maximum atomic E-state index is 14.1. The van der Waals surface area contributed by atoms with Gasteiger partial charge in [-0.2, -0.15) is 27.2 Å². The van der Waals surface area contributed by atoms with E-state index in [1.165, 1.54) is 0 Å². The van der Waals surface area contributed by atoms with Crippen LogP contribution in [0.25, 0.3) is 11.1 Å². The number of nitrogens with zero attached hydrogens (tertiary/aromatic N) is 1. The highest BCUT2D eigenvalue weighted by Crippen LogP contribution is 2.36. The number of halogens is 6. The average Bonchev–Trinajstić information content (AvgIpc) is 2.45. The van der Waals surface area contributed by atoms with Crippen LogP contribution in [0, 0.1) is 17.1 Å². The number of nitriles is 1. The van der Waals surface area contributed by atoms with Gasteiger partial charge in [-0.1, -0.05) is 18.2 Å². The van der Waals surface area contributed by atoms with Crippen LogP contribution >= 0.6 is 0 Å². The van der Waals surface area contributed by atoms with Gasteiger partial charge in [-0.15, -0.1) is 0 Å². The molecule has 0 saturated heterocycles. The first kappa shape index (κ1) is 16.7. The summed E-state index contributed by atoms with van der Waals surface area (Å²) < 4.78 is 80.9. The number of ether oxygens (including phenoxy) is 1. The van der Waals surface area contributed by atoms with Crippen LogP contribution < -0.4 is 4.74 Å². The van der Waals surface area contributed by atoms with E-state index in [1.54, 1.807) is 6.07 Å². The van der Waals surface area contributed by atoms with Crippen molar-refractivity contribution in [3.05, 3.63) is 53.3 Å². The van der Waals surface area contributed by atoms with Crippen LogP contribution in [0.5, 0.6) is 5.75 Å². The highest BCUT2D eigenvalue weighted by Gasteiger charge is 2.35. The molecule has 8 heteroatoms. The third-order valence-electron chi connectivity index (χ3n) is 2.93. The highest BCUT2D eigenvalue weighted by molar-refractivity contribution is 5.68. The van der Waals surface area contributed by atoms with Crippen LogP contribution in [0.15, 0.2) is 36.4 Å². The van der Waals surface area contributed by atoms with E-state index in [9.17, 15) is 26.3 Å². The minimum absolute atomic E-state index is 0.122. The molecule has 0 radical (unpaired) electrons. The molecule has 2 aromatic carbocycles. The first-order valence-electron chi connectivity index (χ1n) is 6.09. The van der Waals surface area contributed by atoms with E-state index < -0.39 is 35.5 Å². The summed E-state index contributed by atoms with van der Waals surface area (Å²) in [6.07, 6.45) is -4.89. The summed E-state index contributed by atoms with van der Waals surface area (Å²) in [7, 11) is 0. The van der Waals surface area contributed by atoms with Gasteiger partial charge in [0, 0.05) is 5.56 Å². The van der Waals surface area contributed by atoms with Crippen molar-refractivity contribution in [1.29, 1.82) is 5.26 Å². The Bertz CT molecular complexity index is 764. The summed E-state index contributed by atoms with van der Waals surface area (Å²) in [5, 5.41) is 8.80. The van der Waals surface area contributed by atoms with Crippen molar-refractivity contribution in [2.75, 3.05) is 0 Å². The van der Waals surface area contributed by atoms with Gasteiger partial charge < -0.3 is 4.74 Å². The second-order valence-electron chi connectivity index (χ2n) is 4.37. The molecule has 0 amide bonds. The van der Waals surface area contributed by atoms with Crippen molar-refractivity contribution in [1.82, 2.24) is 0 Å². The minimum Gasteiger partial charge on any atom is -0.433 e. The highest BCUT2D eigenvalue weighted by atomic mass is 19.4. The fourth-order valence-electron chi connectivity index (χ4n) is 1.95. The summed E-state index contributed by atoms with van der Waals surface area (Å²) in [4.78, 5) is 0. The Hall–Kier alpha value is -2.69. The average molecular weight is 331 g/mol. The van der Waals surface area contributed by atoms with E-state index in [0.717, 1.165) is 30.3 Å². The smallest absolute Gasteiger partial charge is 0.419 e. The molecular weight excluding hydrogens is 324 g/mol. The van der Waals surface area contributed by atoms with Crippen molar-refractivity contribution < 1.29 is 31.1 Å². The minimum atomic E-state index is -4.89. The Morgan fingerprint density at radius 1 is 1.09 bits per heavy atom. The number of hydrogen-bond donors (Lipinski definition) is 0. The molecule has 0 spiro atoms. The van der Waals surface area contributed by atoms with Gasteiger partial charge in [0.2, 0.25) is 0 Å². The molecule has 0 aromatic heterocycles. The molecule has 0 aliphatic carbocycles. The Balaban J connectivity index is 2.58. The second-order valence-corrected chi connectivity index (χ2v) is 4.37. The van der Waals surface area contributed by atoms with Crippen LogP contribution in [0.1, 0.15) is 11.1 Å². The van der Waals surface area contributed by atoms with Gasteiger partial charge in [0.05, 0.1) is 11.1 Å². The van der Waals surface area contributed by atoms with E-state index in [2.05, 4.69) is 4.74 Å². The van der Waals surface area contributed by atoms with Gasteiger partial charge in [-0.3, -0.25) is 0 Å². The summed E-state index contributed by atoms with van der Waals surface area (Å²) in [6.45, 7) is -3.23. The molecule has 0 bridgehead atoms. The zero-order chi connectivity index (χ0) is 17.2. The van der Waals surface area contributed by atoms with E-state index >= 15 is 0 Å². The molecule has 0 fully saturated rings. The van der Waals surface area contributed by atoms with Crippen molar-refractivity contribution >= 4 is 0 Å². The summed E-state index contributed by atoms with van der Waals surface area (Å²) in [5.41, 5.74) is -2.29. The predicted octanol–water partition coefficient (Wildman–Crippen LogP) is 4.98. The van der Waals surface area contributed by atoms with Crippen LogP contribution in [0.2, 0.25) is 0 Å². The van der Waals surface area contributed by atoms with Crippen LogP contribution in [-0.2, 0) is 6.18 Å². The zero-order valence-corrected chi connectivity index (χ0v) is 11.2. The third kappa shape index (κ3) is 3.56. The monoisotopic (exact) mass is 331 g/mol. The van der Waals surface area contributed by atoms with Crippen molar-refractivity contribution in [3.8, 4) is 22.9 Å². The molecule has 0 unspecified atom stereocenters.